The summed E-state index contributed by atoms with van der Waals surface area (Å²) >= 11 is 11.8. The molecule has 2 amide bonds. The summed E-state index contributed by atoms with van der Waals surface area (Å²) in [5, 5.41) is 7.29. The Morgan fingerprint density at radius 3 is 2.31 bits per heavy atom. The summed E-state index contributed by atoms with van der Waals surface area (Å²) in [5.41, 5.74) is 4.15. The van der Waals surface area contributed by atoms with Gasteiger partial charge in [-0.25, -0.2) is 5.43 Å². The Bertz CT molecular complexity index is 1120. The average molecular weight is 472 g/mol. The maximum absolute atomic E-state index is 12.1. The van der Waals surface area contributed by atoms with Crippen LogP contribution in [0.5, 0.6) is 11.5 Å². The maximum atomic E-state index is 12.1. The molecule has 0 atom stereocenters. The van der Waals surface area contributed by atoms with Gasteiger partial charge in [0.2, 0.25) is 0 Å². The third-order valence-corrected chi connectivity index (χ3v) is 4.68. The van der Waals surface area contributed by atoms with Crippen LogP contribution >= 0.6 is 23.2 Å². The number of nitrogens with zero attached hydrogens (tertiary/aromatic N) is 1. The Hall–Kier alpha value is -3.55. The molecule has 0 aliphatic carbocycles. The highest BCUT2D eigenvalue weighted by Crippen LogP contribution is 2.27. The number of benzene rings is 3. The fourth-order valence-electron chi connectivity index (χ4n) is 2.57. The molecule has 0 bridgehead atoms. The van der Waals surface area contributed by atoms with Crippen molar-refractivity contribution in [3.8, 4) is 11.5 Å². The summed E-state index contributed by atoms with van der Waals surface area (Å²) in [4.78, 5) is 24.0. The molecule has 0 fully saturated rings. The largest absolute Gasteiger partial charge is 0.495 e. The van der Waals surface area contributed by atoms with Gasteiger partial charge in [0, 0.05) is 10.0 Å². The van der Waals surface area contributed by atoms with Gasteiger partial charge in [0.15, 0.2) is 0 Å². The molecule has 3 rings (SSSR count). The van der Waals surface area contributed by atoms with Crippen molar-refractivity contribution < 1.29 is 19.1 Å². The molecule has 0 aliphatic rings. The number of rotatable bonds is 7. The number of anilines is 1. The van der Waals surface area contributed by atoms with E-state index in [0.29, 0.717) is 33.7 Å². The van der Waals surface area contributed by atoms with E-state index in [1.807, 2.05) is 12.1 Å². The average Bonchev–Trinajstić information content (AvgIpc) is 2.79. The van der Waals surface area contributed by atoms with E-state index in [0.717, 1.165) is 5.56 Å². The van der Waals surface area contributed by atoms with Crippen molar-refractivity contribution in [2.24, 2.45) is 5.10 Å². The number of carbonyl (C=O) groups is 2. The molecule has 0 saturated carbocycles. The van der Waals surface area contributed by atoms with Crippen molar-refractivity contribution in [3.05, 3.63) is 87.9 Å². The van der Waals surface area contributed by atoms with Gasteiger partial charge in [-0.15, -0.1) is 0 Å². The molecule has 0 heterocycles. The standard InChI is InChI=1S/C23H19Cl2N3O4/c1-31-21-11-8-18(25)12-20(21)27-22(29)23(30)28-26-13-15-4-9-19(10-5-15)32-14-16-2-6-17(24)7-3-16/h2-13H,14H2,1H3,(H,27,29)(H,28,30)/b26-13+. The van der Waals surface area contributed by atoms with Crippen LogP contribution in [-0.4, -0.2) is 25.1 Å². The molecule has 0 saturated heterocycles. The molecule has 0 unspecified atom stereocenters. The van der Waals surface area contributed by atoms with Gasteiger partial charge in [0.25, 0.3) is 0 Å². The highest BCUT2D eigenvalue weighted by atomic mass is 35.5. The minimum absolute atomic E-state index is 0.276. The molecule has 3 aromatic rings. The van der Waals surface area contributed by atoms with Crippen LogP contribution < -0.4 is 20.2 Å². The first-order valence-corrected chi connectivity index (χ1v) is 10.2. The lowest BCUT2D eigenvalue weighted by molar-refractivity contribution is -0.136. The molecule has 0 radical (unpaired) electrons. The van der Waals surface area contributed by atoms with Crippen molar-refractivity contribution >= 4 is 46.9 Å². The maximum Gasteiger partial charge on any atom is 0.329 e. The zero-order valence-corrected chi connectivity index (χ0v) is 18.5. The van der Waals surface area contributed by atoms with E-state index < -0.39 is 11.8 Å². The Morgan fingerprint density at radius 2 is 1.62 bits per heavy atom. The summed E-state index contributed by atoms with van der Waals surface area (Å²) < 4.78 is 10.8. The predicted octanol–water partition coefficient (Wildman–Crippen LogP) is 4.67. The fourth-order valence-corrected chi connectivity index (χ4v) is 2.87. The van der Waals surface area contributed by atoms with Crippen molar-refractivity contribution in [1.29, 1.82) is 0 Å². The van der Waals surface area contributed by atoms with E-state index in [2.05, 4.69) is 15.8 Å². The quantitative estimate of drug-likeness (QED) is 0.297. The molecule has 164 valence electrons. The van der Waals surface area contributed by atoms with Crippen molar-refractivity contribution in [1.82, 2.24) is 5.43 Å². The van der Waals surface area contributed by atoms with Gasteiger partial charge < -0.3 is 14.8 Å². The van der Waals surface area contributed by atoms with E-state index in [9.17, 15) is 9.59 Å². The lowest BCUT2D eigenvalue weighted by Crippen LogP contribution is -2.32. The molecule has 0 aromatic heterocycles. The minimum atomic E-state index is -0.939. The van der Waals surface area contributed by atoms with Gasteiger partial charge in [-0.05, 0) is 65.7 Å². The third-order valence-electron chi connectivity index (χ3n) is 4.19. The van der Waals surface area contributed by atoms with Crippen molar-refractivity contribution in [3.63, 3.8) is 0 Å². The Balaban J connectivity index is 1.49. The van der Waals surface area contributed by atoms with Gasteiger partial charge in [-0.2, -0.15) is 5.10 Å². The van der Waals surface area contributed by atoms with Gasteiger partial charge >= 0.3 is 11.8 Å². The summed E-state index contributed by atoms with van der Waals surface area (Å²) in [5.74, 6) is -0.798. The lowest BCUT2D eigenvalue weighted by Gasteiger charge is -2.09. The van der Waals surface area contributed by atoms with Crippen LogP contribution in [0.25, 0.3) is 0 Å². The highest BCUT2D eigenvalue weighted by molar-refractivity contribution is 6.40. The molecule has 0 aliphatic heterocycles. The van der Waals surface area contributed by atoms with E-state index in [1.165, 1.54) is 19.4 Å². The Kier molecular flexibility index (Phi) is 8.08. The van der Waals surface area contributed by atoms with Gasteiger partial charge in [0.05, 0.1) is 19.0 Å². The number of ether oxygens (including phenoxy) is 2. The fraction of sp³-hybridized carbons (Fsp3) is 0.0870. The number of carbonyl (C=O) groups excluding carboxylic acids is 2. The second-order valence-corrected chi connectivity index (χ2v) is 7.35. The second-order valence-electron chi connectivity index (χ2n) is 6.48. The molecule has 32 heavy (non-hydrogen) atoms. The molecule has 3 aromatic carbocycles. The van der Waals surface area contributed by atoms with E-state index >= 15 is 0 Å². The smallest absolute Gasteiger partial charge is 0.329 e. The van der Waals surface area contributed by atoms with Crippen LogP contribution in [0, 0.1) is 0 Å². The van der Waals surface area contributed by atoms with Crippen LogP contribution in [0.15, 0.2) is 71.8 Å². The first kappa shape index (κ1) is 23.1. The van der Waals surface area contributed by atoms with Crippen molar-refractivity contribution in [2.45, 2.75) is 6.61 Å². The first-order valence-electron chi connectivity index (χ1n) is 9.40. The number of amides is 2. The molecule has 2 N–H and O–H groups in total. The summed E-state index contributed by atoms with van der Waals surface area (Å²) in [7, 11) is 1.44. The van der Waals surface area contributed by atoms with Gasteiger partial charge in [-0.1, -0.05) is 35.3 Å². The normalized spacial score (nSPS) is 10.6. The van der Waals surface area contributed by atoms with Crippen LogP contribution in [0.4, 0.5) is 5.69 Å². The van der Waals surface area contributed by atoms with Crippen LogP contribution in [0.2, 0.25) is 10.0 Å². The van der Waals surface area contributed by atoms with Crippen LogP contribution in [-0.2, 0) is 16.2 Å². The number of halogens is 2. The monoisotopic (exact) mass is 471 g/mol. The topological polar surface area (TPSA) is 89.0 Å². The predicted molar refractivity (Wildman–Crippen MR) is 125 cm³/mol. The SMILES string of the molecule is COc1ccc(Cl)cc1NC(=O)C(=O)N/N=C/c1ccc(OCc2ccc(Cl)cc2)cc1. The van der Waals surface area contributed by atoms with E-state index in [-0.39, 0.29) is 5.69 Å². The second kappa shape index (κ2) is 11.2. The number of nitrogens with one attached hydrogen (secondary N) is 2. The number of hydrogen-bond donors (Lipinski definition) is 2. The molecule has 0 spiro atoms. The third kappa shape index (κ3) is 6.73. The molecular weight excluding hydrogens is 453 g/mol. The zero-order chi connectivity index (χ0) is 22.9. The summed E-state index contributed by atoms with van der Waals surface area (Å²) in [6, 6.07) is 19.1. The van der Waals surface area contributed by atoms with Crippen LogP contribution in [0.3, 0.4) is 0 Å². The molecule has 9 heteroatoms. The summed E-state index contributed by atoms with van der Waals surface area (Å²) in [6.45, 7) is 0.410. The van der Waals surface area contributed by atoms with Crippen molar-refractivity contribution in [2.75, 3.05) is 12.4 Å². The van der Waals surface area contributed by atoms with E-state index in [4.69, 9.17) is 32.7 Å². The number of hydrogen-bond acceptors (Lipinski definition) is 5. The number of hydrazone groups is 1. The summed E-state index contributed by atoms with van der Waals surface area (Å²) in [6.07, 6.45) is 1.41. The number of methoxy groups -OCH3 is 1. The van der Waals surface area contributed by atoms with Crippen LogP contribution in [0.1, 0.15) is 11.1 Å². The Morgan fingerprint density at radius 1 is 0.938 bits per heavy atom. The molecular formula is C23H19Cl2N3O4. The highest BCUT2D eigenvalue weighted by Gasteiger charge is 2.15. The Labute approximate surface area is 194 Å². The lowest BCUT2D eigenvalue weighted by atomic mass is 10.2. The van der Waals surface area contributed by atoms with Gasteiger partial charge in [-0.3, -0.25) is 9.59 Å². The zero-order valence-electron chi connectivity index (χ0n) is 17.0. The first-order chi connectivity index (χ1) is 15.4. The van der Waals surface area contributed by atoms with E-state index in [1.54, 1.807) is 48.5 Å². The minimum Gasteiger partial charge on any atom is -0.495 e. The molecule has 7 nitrogen and oxygen atoms in total. The van der Waals surface area contributed by atoms with Gasteiger partial charge in [0.1, 0.15) is 18.1 Å².